The molecular weight excluding hydrogens is 919 g/mol. The van der Waals surface area contributed by atoms with Gasteiger partial charge in [-0.2, -0.15) is 0 Å². The van der Waals surface area contributed by atoms with Crippen LogP contribution in [0, 0.1) is 0 Å². The van der Waals surface area contributed by atoms with E-state index in [0.717, 1.165) is 39.6 Å². The fourth-order valence-electron chi connectivity index (χ4n) is 12.1. The molecule has 14 aromatic rings. The summed E-state index contributed by atoms with van der Waals surface area (Å²) in [6.07, 6.45) is 2.39. The molecule has 16 rings (SSSR count). The van der Waals surface area contributed by atoms with Crippen molar-refractivity contribution in [3.05, 3.63) is 265 Å². The van der Waals surface area contributed by atoms with E-state index in [1.54, 1.807) is 0 Å². The number of hydrogen-bond donors (Lipinski definition) is 1. The summed E-state index contributed by atoms with van der Waals surface area (Å²) >= 11 is 1.83. The van der Waals surface area contributed by atoms with Crippen LogP contribution in [0.4, 0.5) is 0 Å². The Morgan fingerprint density at radius 1 is 0.351 bits per heavy atom. The van der Waals surface area contributed by atoms with Gasteiger partial charge in [0, 0.05) is 59.1 Å². The molecule has 0 amide bonds. The number of thioether (sulfide) groups is 1. The summed E-state index contributed by atoms with van der Waals surface area (Å²) in [5.41, 5.74) is 14.9. The predicted molar refractivity (Wildman–Crippen MR) is 314 cm³/mol. The number of benzene rings is 11. The van der Waals surface area contributed by atoms with Crippen molar-refractivity contribution in [3.8, 4) is 22.5 Å². The van der Waals surface area contributed by atoms with E-state index in [-0.39, 0.29) is 6.04 Å². The maximum absolute atomic E-state index is 5.78. The molecule has 346 valence electrons. The molecule has 1 unspecified atom stereocenters. The first-order valence-corrected chi connectivity index (χ1v) is 26.1. The Hall–Kier alpha value is -9.36. The van der Waals surface area contributed by atoms with E-state index in [1.165, 1.54) is 102 Å². The molecule has 5 nitrogen and oxygen atoms in total. The third-order valence-electron chi connectivity index (χ3n) is 15.4. The first-order valence-electron chi connectivity index (χ1n) is 25.3. The molecule has 11 aromatic carbocycles. The molecule has 5 heterocycles. The molecule has 6 heteroatoms. The lowest BCUT2D eigenvalue weighted by atomic mass is 9.98. The highest BCUT2D eigenvalue weighted by molar-refractivity contribution is 8.12. The van der Waals surface area contributed by atoms with Crippen LogP contribution in [-0.2, 0) is 0 Å². The standard InChI is InChI=1S/C68H43N5S/c1-4-17-43(18-5-1)64-41-57-67(74-64)66(48-31-34-59-53(39-48)52-26-14-15-27-58(52)71(59)49-21-6-2-7-22-49)70-68(69-57)73-60-32-29-46(37-54(60)55-36-44-19-10-11-20-45(44)40-63(55)73)47-30-33-61-56(38-47)65-51-25-13-12-16-42(51)28-35-62(65)72(61)50-23-8-3-9-24-50/h1-41,57H,(H,69,70). The summed E-state index contributed by atoms with van der Waals surface area (Å²) in [7, 11) is 0. The Labute approximate surface area is 430 Å². The van der Waals surface area contributed by atoms with Gasteiger partial charge in [0.1, 0.15) is 0 Å². The third kappa shape index (κ3) is 6.22. The number of nitrogens with zero attached hydrogens (tertiary/aromatic N) is 4. The van der Waals surface area contributed by atoms with Crippen LogP contribution >= 0.6 is 11.8 Å². The zero-order chi connectivity index (χ0) is 48.4. The summed E-state index contributed by atoms with van der Waals surface area (Å²) in [5, 5.41) is 16.2. The molecule has 0 bridgehead atoms. The van der Waals surface area contributed by atoms with Gasteiger partial charge in [-0.05, 0) is 129 Å². The zero-order valence-corrected chi connectivity index (χ0v) is 40.8. The minimum absolute atomic E-state index is 0.0906. The number of aliphatic imine (C=N–C) groups is 1. The minimum atomic E-state index is -0.0906. The maximum atomic E-state index is 5.78. The molecule has 3 aromatic heterocycles. The van der Waals surface area contributed by atoms with Crippen LogP contribution in [-0.4, -0.2) is 25.7 Å². The smallest absolute Gasteiger partial charge is 0.209 e. The Kier molecular flexibility index (Phi) is 8.97. The second-order valence-electron chi connectivity index (χ2n) is 19.6. The monoisotopic (exact) mass is 961 g/mol. The summed E-state index contributed by atoms with van der Waals surface area (Å²) in [5.74, 6) is 0.803. The quantitative estimate of drug-likeness (QED) is 0.187. The third-order valence-corrected chi connectivity index (χ3v) is 16.7. The highest BCUT2D eigenvalue weighted by Gasteiger charge is 2.33. The van der Waals surface area contributed by atoms with Gasteiger partial charge in [0.2, 0.25) is 5.96 Å². The number of hydrogen-bond acceptors (Lipinski definition) is 3. The second kappa shape index (κ2) is 16.1. The summed E-state index contributed by atoms with van der Waals surface area (Å²) in [4.78, 5) is 8.20. The number of para-hydroxylation sites is 3. The molecule has 0 fully saturated rings. The van der Waals surface area contributed by atoms with Crippen LogP contribution in [0.5, 0.6) is 0 Å². The fourth-order valence-corrected chi connectivity index (χ4v) is 13.3. The lowest BCUT2D eigenvalue weighted by Crippen LogP contribution is -2.40. The average molecular weight is 962 g/mol. The van der Waals surface area contributed by atoms with Gasteiger partial charge in [-0.1, -0.05) is 169 Å². The zero-order valence-electron chi connectivity index (χ0n) is 39.9. The van der Waals surface area contributed by atoms with Gasteiger partial charge < -0.3 is 14.5 Å². The molecule has 0 aliphatic carbocycles. The van der Waals surface area contributed by atoms with Crippen LogP contribution in [0.3, 0.4) is 0 Å². The van der Waals surface area contributed by atoms with Gasteiger partial charge in [0.15, 0.2) is 0 Å². The van der Waals surface area contributed by atoms with Crippen LogP contribution < -0.4 is 5.32 Å². The molecule has 0 saturated heterocycles. The second-order valence-corrected chi connectivity index (χ2v) is 20.6. The lowest BCUT2D eigenvalue weighted by molar-refractivity contribution is 0.835. The molecule has 2 aliphatic heterocycles. The van der Waals surface area contributed by atoms with Crippen molar-refractivity contribution in [2.24, 2.45) is 4.99 Å². The predicted octanol–water partition coefficient (Wildman–Crippen LogP) is 17.3. The van der Waals surface area contributed by atoms with Crippen LogP contribution in [0.25, 0.3) is 120 Å². The minimum Gasteiger partial charge on any atom is -0.344 e. The number of rotatable bonds is 5. The number of fused-ring (bicyclic) bond motifs is 13. The Balaban J connectivity index is 0.906. The summed E-state index contributed by atoms with van der Waals surface area (Å²) < 4.78 is 7.17. The summed E-state index contributed by atoms with van der Waals surface area (Å²) in [6, 6.07) is 88.5. The van der Waals surface area contributed by atoms with Crippen molar-refractivity contribution in [2.75, 3.05) is 0 Å². The Morgan fingerprint density at radius 2 is 0.865 bits per heavy atom. The number of nitrogens with one attached hydrogen (secondary N) is 1. The van der Waals surface area contributed by atoms with E-state index < -0.39 is 0 Å². The van der Waals surface area contributed by atoms with Gasteiger partial charge >= 0.3 is 0 Å². The molecular formula is C68H43N5S. The topological polar surface area (TPSA) is 39.2 Å². The van der Waals surface area contributed by atoms with Crippen molar-refractivity contribution in [3.63, 3.8) is 0 Å². The molecule has 0 saturated carbocycles. The Bertz CT molecular complexity index is 4770. The van der Waals surface area contributed by atoms with Crippen molar-refractivity contribution < 1.29 is 0 Å². The van der Waals surface area contributed by atoms with E-state index >= 15 is 0 Å². The highest BCUT2D eigenvalue weighted by Crippen LogP contribution is 2.49. The van der Waals surface area contributed by atoms with Gasteiger partial charge in [-0.25, -0.2) is 4.99 Å². The van der Waals surface area contributed by atoms with Crippen molar-refractivity contribution in [1.29, 1.82) is 0 Å². The van der Waals surface area contributed by atoms with Crippen LogP contribution in [0.15, 0.2) is 259 Å². The van der Waals surface area contributed by atoms with E-state index in [1.807, 2.05) is 11.8 Å². The fraction of sp³-hybridized carbons (Fsp3) is 0.0147. The van der Waals surface area contributed by atoms with Crippen molar-refractivity contribution >= 4 is 115 Å². The molecule has 0 spiro atoms. The molecule has 74 heavy (non-hydrogen) atoms. The van der Waals surface area contributed by atoms with Crippen molar-refractivity contribution in [1.82, 2.24) is 19.0 Å². The molecule has 1 atom stereocenters. The average Bonchev–Trinajstić information content (AvgIpc) is 4.23. The highest BCUT2D eigenvalue weighted by atomic mass is 32.2. The first kappa shape index (κ1) is 41.3. The normalized spacial score (nSPS) is 14.8. The SMILES string of the molecule is C1=C(c2ccccc2)SC2=C(c3ccc4c(c3)c3ccccc3n4-c3ccccc3)N=C(n3c4ccc(-c5ccc6c(c5)c5c7ccccc7ccc5n6-c5ccccc5)cc4c4cc5ccccc5cc43)NC12. The first-order chi connectivity index (χ1) is 36.7. The van der Waals surface area contributed by atoms with Crippen molar-refractivity contribution in [2.45, 2.75) is 6.04 Å². The van der Waals surface area contributed by atoms with Gasteiger partial charge in [0.05, 0.1) is 44.8 Å². The number of aromatic nitrogens is 3. The van der Waals surface area contributed by atoms with Gasteiger partial charge in [0.25, 0.3) is 0 Å². The summed E-state index contributed by atoms with van der Waals surface area (Å²) in [6.45, 7) is 0. The van der Waals surface area contributed by atoms with Gasteiger partial charge in [-0.15, -0.1) is 0 Å². The maximum Gasteiger partial charge on any atom is 0.209 e. The van der Waals surface area contributed by atoms with Crippen LogP contribution in [0.1, 0.15) is 11.1 Å². The molecule has 0 radical (unpaired) electrons. The lowest BCUT2D eigenvalue weighted by Gasteiger charge is -2.25. The van der Waals surface area contributed by atoms with Crippen LogP contribution in [0.2, 0.25) is 0 Å². The largest absolute Gasteiger partial charge is 0.344 e. The van der Waals surface area contributed by atoms with E-state index in [0.29, 0.717) is 0 Å². The Morgan fingerprint density at radius 3 is 1.61 bits per heavy atom. The molecule has 2 aliphatic rings. The molecule has 1 N–H and O–H groups in total. The van der Waals surface area contributed by atoms with E-state index in [9.17, 15) is 0 Å². The van der Waals surface area contributed by atoms with E-state index in [2.05, 4.69) is 268 Å². The van der Waals surface area contributed by atoms with Gasteiger partial charge in [-0.3, -0.25) is 4.57 Å². The van der Waals surface area contributed by atoms with E-state index in [4.69, 9.17) is 4.99 Å².